The Morgan fingerprint density at radius 3 is 2.57 bits per heavy atom. The van der Waals surface area contributed by atoms with Gasteiger partial charge in [-0.15, -0.1) is 0 Å². The van der Waals surface area contributed by atoms with Gasteiger partial charge in [0.2, 0.25) is 0 Å². The van der Waals surface area contributed by atoms with Gasteiger partial charge in [0, 0.05) is 18.1 Å². The van der Waals surface area contributed by atoms with Crippen molar-refractivity contribution >= 4 is 17.4 Å². The van der Waals surface area contributed by atoms with Gasteiger partial charge >= 0.3 is 6.09 Å². The minimum Gasteiger partial charge on any atom is -0.444 e. The summed E-state index contributed by atoms with van der Waals surface area (Å²) in [7, 11) is 0. The molecule has 1 saturated carbocycles. The van der Waals surface area contributed by atoms with Crippen LogP contribution in [0.5, 0.6) is 0 Å². The van der Waals surface area contributed by atoms with E-state index in [1.54, 1.807) is 11.3 Å². The zero-order valence-corrected chi connectivity index (χ0v) is 15.5. The van der Waals surface area contributed by atoms with Gasteiger partial charge in [-0.3, -0.25) is 0 Å². The van der Waals surface area contributed by atoms with Gasteiger partial charge in [0.15, 0.2) is 0 Å². The van der Waals surface area contributed by atoms with E-state index in [4.69, 9.17) is 4.74 Å². The van der Waals surface area contributed by atoms with Crippen molar-refractivity contribution in [2.24, 2.45) is 0 Å². The molecule has 3 unspecified atom stereocenters. The molecular weight excluding hydrogens is 308 g/mol. The third kappa shape index (κ3) is 6.15. The summed E-state index contributed by atoms with van der Waals surface area (Å²) in [5.41, 5.74) is 0.858. The Kier molecular flexibility index (Phi) is 6.48. The quantitative estimate of drug-likeness (QED) is 0.787. The minimum atomic E-state index is -0.457. The maximum absolute atomic E-state index is 12.1. The van der Waals surface area contributed by atoms with Crippen LogP contribution in [0.2, 0.25) is 0 Å². The van der Waals surface area contributed by atoms with Gasteiger partial charge in [0.05, 0.1) is 0 Å². The van der Waals surface area contributed by atoms with Crippen LogP contribution in [-0.4, -0.2) is 23.8 Å². The van der Waals surface area contributed by atoms with Gasteiger partial charge in [-0.2, -0.15) is 11.3 Å². The first-order chi connectivity index (χ1) is 10.8. The van der Waals surface area contributed by atoms with Crippen LogP contribution in [0.25, 0.3) is 0 Å². The van der Waals surface area contributed by atoms with E-state index >= 15 is 0 Å². The summed E-state index contributed by atoms with van der Waals surface area (Å²) >= 11 is 1.72. The number of hydrogen-bond donors (Lipinski definition) is 2. The van der Waals surface area contributed by atoms with E-state index in [0.29, 0.717) is 12.1 Å². The van der Waals surface area contributed by atoms with Crippen molar-refractivity contribution in [1.29, 1.82) is 0 Å². The Bertz CT molecular complexity index is 482. The number of nitrogens with one attached hydrogen (secondary N) is 2. The van der Waals surface area contributed by atoms with Gasteiger partial charge in [-0.05, 0) is 62.9 Å². The Labute approximate surface area is 144 Å². The van der Waals surface area contributed by atoms with Crippen LogP contribution in [0, 0.1) is 0 Å². The first-order valence-corrected chi connectivity index (χ1v) is 9.57. The third-order valence-corrected chi connectivity index (χ3v) is 4.93. The lowest BCUT2D eigenvalue weighted by atomic mass is 10.0. The summed E-state index contributed by atoms with van der Waals surface area (Å²) in [6, 6.07) is 2.88. The van der Waals surface area contributed by atoms with Crippen molar-refractivity contribution < 1.29 is 9.53 Å². The van der Waals surface area contributed by atoms with Gasteiger partial charge in [0.1, 0.15) is 5.60 Å². The molecule has 1 fully saturated rings. The van der Waals surface area contributed by atoms with E-state index in [1.807, 2.05) is 20.8 Å². The molecule has 0 radical (unpaired) electrons. The highest BCUT2D eigenvalue weighted by atomic mass is 32.1. The second-order valence-electron chi connectivity index (χ2n) is 7.44. The molecule has 3 atom stereocenters. The average Bonchev–Trinajstić information content (AvgIpc) is 2.89. The smallest absolute Gasteiger partial charge is 0.407 e. The van der Waals surface area contributed by atoms with E-state index in [2.05, 4.69) is 34.4 Å². The monoisotopic (exact) mass is 338 g/mol. The number of carbonyl (C=O) groups is 1. The fraction of sp³-hybridized carbons (Fsp3) is 0.722. The summed E-state index contributed by atoms with van der Waals surface area (Å²) in [4.78, 5) is 12.1. The van der Waals surface area contributed by atoms with Crippen LogP contribution in [0.3, 0.4) is 0 Å². The molecule has 0 spiro atoms. The first-order valence-electron chi connectivity index (χ1n) is 8.63. The van der Waals surface area contributed by atoms with Crippen LogP contribution >= 0.6 is 11.3 Å². The lowest BCUT2D eigenvalue weighted by Gasteiger charge is -2.31. The number of amides is 1. The van der Waals surface area contributed by atoms with Crippen molar-refractivity contribution in [3.63, 3.8) is 0 Å². The maximum Gasteiger partial charge on any atom is 0.407 e. The van der Waals surface area contributed by atoms with Crippen molar-refractivity contribution in [3.8, 4) is 0 Å². The predicted molar refractivity (Wildman–Crippen MR) is 95.9 cm³/mol. The summed E-state index contributed by atoms with van der Waals surface area (Å²) in [6.07, 6.45) is 5.39. The standard InChI is InChI=1S/C18H30N2O2S/c1-13(14-10-11-23-12-14)19-15-8-6-5-7-9-16(15)20-17(21)22-18(2,3)4/h10-13,15-16,19H,5-9H2,1-4H3,(H,20,21). The largest absolute Gasteiger partial charge is 0.444 e. The Hall–Kier alpha value is -1.07. The first kappa shape index (κ1) is 18.3. The molecule has 1 aliphatic rings. The molecule has 1 aromatic rings. The zero-order chi connectivity index (χ0) is 16.9. The minimum absolute atomic E-state index is 0.133. The molecule has 0 aliphatic heterocycles. The van der Waals surface area contributed by atoms with Crippen LogP contribution in [0.4, 0.5) is 4.79 Å². The average molecular weight is 339 g/mol. The van der Waals surface area contributed by atoms with Crippen LogP contribution in [0.1, 0.15) is 71.4 Å². The molecule has 23 heavy (non-hydrogen) atoms. The highest BCUT2D eigenvalue weighted by Gasteiger charge is 2.28. The fourth-order valence-electron chi connectivity index (χ4n) is 3.08. The Morgan fingerprint density at radius 2 is 1.96 bits per heavy atom. The molecule has 2 N–H and O–H groups in total. The van der Waals surface area contributed by atoms with Gasteiger partial charge in [-0.25, -0.2) is 4.79 Å². The van der Waals surface area contributed by atoms with Crippen molar-refractivity contribution in [3.05, 3.63) is 22.4 Å². The fourth-order valence-corrected chi connectivity index (χ4v) is 3.83. The number of carbonyl (C=O) groups excluding carboxylic acids is 1. The van der Waals surface area contributed by atoms with E-state index in [1.165, 1.54) is 18.4 Å². The molecule has 4 nitrogen and oxygen atoms in total. The van der Waals surface area contributed by atoms with Crippen molar-refractivity contribution in [1.82, 2.24) is 10.6 Å². The predicted octanol–water partition coefficient (Wildman–Crippen LogP) is 4.62. The van der Waals surface area contributed by atoms with Gasteiger partial charge in [-0.1, -0.05) is 19.3 Å². The number of hydrogen-bond acceptors (Lipinski definition) is 4. The molecule has 1 heterocycles. The molecule has 0 saturated heterocycles. The lowest BCUT2D eigenvalue weighted by molar-refractivity contribution is 0.0488. The topological polar surface area (TPSA) is 50.4 Å². The molecule has 0 bridgehead atoms. The van der Waals surface area contributed by atoms with Crippen LogP contribution < -0.4 is 10.6 Å². The maximum atomic E-state index is 12.1. The molecular formula is C18H30N2O2S. The highest BCUT2D eigenvalue weighted by Crippen LogP contribution is 2.23. The molecule has 5 heteroatoms. The third-order valence-electron chi connectivity index (χ3n) is 4.23. The van der Waals surface area contributed by atoms with E-state index in [-0.39, 0.29) is 12.1 Å². The zero-order valence-electron chi connectivity index (χ0n) is 14.7. The highest BCUT2D eigenvalue weighted by molar-refractivity contribution is 7.07. The SMILES string of the molecule is CC(NC1CCCCCC1NC(=O)OC(C)(C)C)c1ccsc1. The number of rotatable bonds is 4. The Balaban J connectivity index is 1.97. The van der Waals surface area contributed by atoms with Crippen molar-refractivity contribution in [2.45, 2.75) is 83.5 Å². The molecule has 1 aliphatic carbocycles. The molecule has 1 amide bonds. The summed E-state index contributed by atoms with van der Waals surface area (Å²) in [5, 5.41) is 11.1. The Morgan fingerprint density at radius 1 is 1.26 bits per heavy atom. The van der Waals surface area contributed by atoms with Crippen LogP contribution in [-0.2, 0) is 4.74 Å². The van der Waals surface area contributed by atoms with Gasteiger partial charge in [0.25, 0.3) is 0 Å². The summed E-state index contributed by atoms with van der Waals surface area (Å²) in [5.74, 6) is 0. The number of alkyl carbamates (subject to hydrolysis) is 1. The second kappa shape index (κ2) is 8.15. The van der Waals surface area contributed by atoms with E-state index in [9.17, 15) is 4.79 Å². The normalized spacial score (nSPS) is 23.8. The number of ether oxygens (including phenoxy) is 1. The van der Waals surface area contributed by atoms with Crippen LogP contribution in [0.15, 0.2) is 16.8 Å². The molecule has 1 aromatic heterocycles. The van der Waals surface area contributed by atoms with Crippen molar-refractivity contribution in [2.75, 3.05) is 0 Å². The number of thiophene rings is 1. The van der Waals surface area contributed by atoms with Gasteiger partial charge < -0.3 is 15.4 Å². The molecule has 130 valence electrons. The van der Waals surface area contributed by atoms with E-state index < -0.39 is 5.60 Å². The second-order valence-corrected chi connectivity index (χ2v) is 8.22. The summed E-state index contributed by atoms with van der Waals surface area (Å²) in [6.45, 7) is 7.88. The summed E-state index contributed by atoms with van der Waals surface area (Å²) < 4.78 is 5.43. The lowest BCUT2D eigenvalue weighted by Crippen LogP contribution is -2.51. The van der Waals surface area contributed by atoms with E-state index in [0.717, 1.165) is 19.3 Å². The molecule has 2 rings (SSSR count). The molecule has 0 aromatic carbocycles.